The summed E-state index contributed by atoms with van der Waals surface area (Å²) in [4.78, 5) is 16.1. The van der Waals surface area contributed by atoms with Crippen LogP contribution in [-0.2, 0) is 0 Å². The van der Waals surface area contributed by atoms with Crippen LogP contribution in [0.25, 0.3) is 0 Å². The van der Waals surface area contributed by atoms with Gasteiger partial charge in [-0.05, 0) is 31.2 Å². The summed E-state index contributed by atoms with van der Waals surface area (Å²) in [6, 6.07) is 10.4. The van der Waals surface area contributed by atoms with Crippen LogP contribution in [0.4, 0.5) is 5.69 Å². The van der Waals surface area contributed by atoms with Crippen LogP contribution in [0.2, 0.25) is 5.15 Å². The van der Waals surface area contributed by atoms with Gasteiger partial charge in [0.05, 0.1) is 17.9 Å². The molecule has 1 N–H and O–H groups in total. The minimum atomic E-state index is -0.279. The third-order valence-electron chi connectivity index (χ3n) is 2.44. The lowest BCUT2D eigenvalue weighted by Crippen LogP contribution is -2.14. The second-order valence-electron chi connectivity index (χ2n) is 3.73. The Bertz CT molecular complexity index is 587. The Labute approximate surface area is 116 Å². The van der Waals surface area contributed by atoms with Crippen molar-refractivity contribution >= 4 is 23.2 Å². The standard InChI is InChI=1S/C14H13ClN2O2/c1-2-19-12-8-4-3-6-10(12)14(18)17-11-7-5-9-16-13(11)15/h3-9H,2H2,1H3,(H,17,18). The highest BCUT2D eigenvalue weighted by Crippen LogP contribution is 2.22. The van der Waals surface area contributed by atoms with Crippen molar-refractivity contribution in [2.24, 2.45) is 0 Å². The molecule has 2 aromatic rings. The van der Waals surface area contributed by atoms with Crippen molar-refractivity contribution in [1.82, 2.24) is 4.98 Å². The second-order valence-corrected chi connectivity index (χ2v) is 4.08. The van der Waals surface area contributed by atoms with E-state index in [0.29, 0.717) is 23.6 Å². The summed E-state index contributed by atoms with van der Waals surface area (Å²) in [5, 5.41) is 2.97. The zero-order chi connectivity index (χ0) is 13.7. The van der Waals surface area contributed by atoms with Gasteiger partial charge < -0.3 is 10.1 Å². The molecule has 2 rings (SSSR count). The van der Waals surface area contributed by atoms with E-state index < -0.39 is 0 Å². The fourth-order valence-electron chi connectivity index (χ4n) is 1.60. The molecular formula is C14H13ClN2O2. The van der Waals surface area contributed by atoms with Crippen LogP contribution in [0, 0.1) is 0 Å². The third kappa shape index (κ3) is 3.23. The molecule has 0 radical (unpaired) electrons. The summed E-state index contributed by atoms with van der Waals surface area (Å²) in [7, 11) is 0. The van der Waals surface area contributed by atoms with Crippen LogP contribution in [-0.4, -0.2) is 17.5 Å². The lowest BCUT2D eigenvalue weighted by molar-refractivity contribution is 0.102. The number of pyridine rings is 1. The van der Waals surface area contributed by atoms with E-state index in [1.54, 1.807) is 36.5 Å². The average Bonchev–Trinajstić information content (AvgIpc) is 2.42. The number of rotatable bonds is 4. The number of hydrogen-bond acceptors (Lipinski definition) is 3. The summed E-state index contributed by atoms with van der Waals surface area (Å²) < 4.78 is 5.42. The third-order valence-corrected chi connectivity index (χ3v) is 2.74. The van der Waals surface area contributed by atoms with Crippen molar-refractivity contribution in [2.45, 2.75) is 6.92 Å². The summed E-state index contributed by atoms with van der Waals surface area (Å²) in [5.74, 6) is 0.265. The fraction of sp³-hybridized carbons (Fsp3) is 0.143. The van der Waals surface area contributed by atoms with E-state index in [-0.39, 0.29) is 11.1 Å². The lowest BCUT2D eigenvalue weighted by Gasteiger charge is -2.10. The Morgan fingerprint density at radius 3 is 2.84 bits per heavy atom. The maximum absolute atomic E-state index is 12.2. The molecule has 1 aromatic heterocycles. The number of carbonyl (C=O) groups is 1. The number of amides is 1. The fourth-order valence-corrected chi connectivity index (χ4v) is 1.77. The second kappa shape index (κ2) is 6.20. The zero-order valence-corrected chi connectivity index (χ0v) is 11.1. The Kier molecular flexibility index (Phi) is 4.36. The molecule has 0 atom stereocenters. The van der Waals surface area contributed by atoms with Gasteiger partial charge in [0.15, 0.2) is 5.15 Å². The van der Waals surface area contributed by atoms with Crippen LogP contribution in [0.1, 0.15) is 17.3 Å². The predicted octanol–water partition coefficient (Wildman–Crippen LogP) is 3.39. The molecule has 1 heterocycles. The summed E-state index contributed by atoms with van der Waals surface area (Å²) in [6.07, 6.45) is 1.56. The van der Waals surface area contributed by atoms with E-state index in [1.807, 2.05) is 13.0 Å². The van der Waals surface area contributed by atoms with Crippen LogP contribution in [0.5, 0.6) is 5.75 Å². The van der Waals surface area contributed by atoms with Gasteiger partial charge in [-0.3, -0.25) is 4.79 Å². The van der Waals surface area contributed by atoms with Crippen molar-refractivity contribution < 1.29 is 9.53 Å². The summed E-state index contributed by atoms with van der Waals surface area (Å²) >= 11 is 5.90. The molecule has 0 aliphatic rings. The molecule has 0 spiro atoms. The number of aromatic nitrogens is 1. The number of carbonyl (C=O) groups excluding carboxylic acids is 1. The highest BCUT2D eigenvalue weighted by atomic mass is 35.5. The molecule has 1 aromatic carbocycles. The number of para-hydroxylation sites is 1. The quantitative estimate of drug-likeness (QED) is 0.871. The first kappa shape index (κ1) is 13.4. The summed E-state index contributed by atoms with van der Waals surface area (Å²) in [6.45, 7) is 2.37. The maximum Gasteiger partial charge on any atom is 0.259 e. The van der Waals surface area contributed by atoms with Gasteiger partial charge in [0, 0.05) is 6.20 Å². The van der Waals surface area contributed by atoms with E-state index in [9.17, 15) is 4.79 Å². The lowest BCUT2D eigenvalue weighted by atomic mass is 10.2. The largest absolute Gasteiger partial charge is 0.493 e. The molecule has 0 saturated heterocycles. The van der Waals surface area contributed by atoms with Crippen molar-refractivity contribution in [3.05, 3.63) is 53.3 Å². The minimum Gasteiger partial charge on any atom is -0.493 e. The zero-order valence-electron chi connectivity index (χ0n) is 10.4. The molecule has 19 heavy (non-hydrogen) atoms. The maximum atomic E-state index is 12.2. The van der Waals surface area contributed by atoms with Crippen molar-refractivity contribution in [3.63, 3.8) is 0 Å². The van der Waals surface area contributed by atoms with E-state index in [2.05, 4.69) is 10.3 Å². The van der Waals surface area contributed by atoms with Crippen LogP contribution in [0.15, 0.2) is 42.6 Å². The molecule has 4 nitrogen and oxygen atoms in total. The molecular weight excluding hydrogens is 264 g/mol. The molecule has 0 unspecified atom stereocenters. The van der Waals surface area contributed by atoms with E-state index in [0.717, 1.165) is 0 Å². The van der Waals surface area contributed by atoms with E-state index in [4.69, 9.17) is 16.3 Å². The van der Waals surface area contributed by atoms with Gasteiger partial charge in [-0.1, -0.05) is 23.7 Å². The highest BCUT2D eigenvalue weighted by molar-refractivity contribution is 6.32. The Hall–Kier alpha value is -2.07. The van der Waals surface area contributed by atoms with Gasteiger partial charge in [0.1, 0.15) is 5.75 Å². The highest BCUT2D eigenvalue weighted by Gasteiger charge is 2.13. The number of nitrogens with zero attached hydrogens (tertiary/aromatic N) is 1. The number of halogens is 1. The van der Waals surface area contributed by atoms with Gasteiger partial charge in [-0.2, -0.15) is 0 Å². The van der Waals surface area contributed by atoms with Crippen LogP contribution in [0.3, 0.4) is 0 Å². The molecule has 1 amide bonds. The molecule has 0 saturated carbocycles. The van der Waals surface area contributed by atoms with Gasteiger partial charge in [-0.15, -0.1) is 0 Å². The SMILES string of the molecule is CCOc1ccccc1C(=O)Nc1cccnc1Cl. The van der Waals surface area contributed by atoms with Gasteiger partial charge in [-0.25, -0.2) is 4.98 Å². The topological polar surface area (TPSA) is 51.2 Å². The number of ether oxygens (including phenoxy) is 1. The number of hydrogen-bond donors (Lipinski definition) is 1. The van der Waals surface area contributed by atoms with Gasteiger partial charge >= 0.3 is 0 Å². The van der Waals surface area contributed by atoms with Crippen molar-refractivity contribution in [3.8, 4) is 5.75 Å². The number of benzene rings is 1. The predicted molar refractivity (Wildman–Crippen MR) is 74.8 cm³/mol. The Morgan fingerprint density at radius 1 is 1.32 bits per heavy atom. The molecule has 98 valence electrons. The normalized spacial score (nSPS) is 10.0. The minimum absolute atomic E-state index is 0.254. The number of nitrogens with one attached hydrogen (secondary N) is 1. The Balaban J connectivity index is 2.23. The van der Waals surface area contributed by atoms with Crippen LogP contribution >= 0.6 is 11.6 Å². The first-order valence-corrected chi connectivity index (χ1v) is 6.24. The molecule has 0 bridgehead atoms. The average molecular weight is 277 g/mol. The Morgan fingerprint density at radius 2 is 2.11 bits per heavy atom. The van der Waals surface area contributed by atoms with Crippen molar-refractivity contribution in [1.29, 1.82) is 0 Å². The molecule has 5 heteroatoms. The van der Waals surface area contributed by atoms with Crippen molar-refractivity contribution in [2.75, 3.05) is 11.9 Å². The number of anilines is 1. The monoisotopic (exact) mass is 276 g/mol. The molecule has 0 aliphatic carbocycles. The first-order valence-electron chi connectivity index (χ1n) is 5.86. The molecule has 0 fully saturated rings. The first-order chi connectivity index (χ1) is 9.22. The van der Waals surface area contributed by atoms with E-state index in [1.165, 1.54) is 0 Å². The van der Waals surface area contributed by atoms with Gasteiger partial charge in [0.25, 0.3) is 5.91 Å². The smallest absolute Gasteiger partial charge is 0.259 e. The van der Waals surface area contributed by atoms with Crippen LogP contribution < -0.4 is 10.1 Å². The molecule has 0 aliphatic heterocycles. The summed E-state index contributed by atoms with van der Waals surface area (Å²) in [5.41, 5.74) is 0.935. The van der Waals surface area contributed by atoms with Gasteiger partial charge in [0.2, 0.25) is 0 Å². The van der Waals surface area contributed by atoms with E-state index >= 15 is 0 Å².